The van der Waals surface area contributed by atoms with Crippen molar-refractivity contribution >= 4 is 28.5 Å². The van der Waals surface area contributed by atoms with Crippen LogP contribution in [0.3, 0.4) is 0 Å². The van der Waals surface area contributed by atoms with E-state index in [4.69, 9.17) is 9.72 Å². The van der Waals surface area contributed by atoms with Gasteiger partial charge in [-0.05, 0) is 65.2 Å². The summed E-state index contributed by atoms with van der Waals surface area (Å²) in [5, 5.41) is 11.9. The Labute approximate surface area is 165 Å². The Morgan fingerprint density at radius 2 is 1.93 bits per heavy atom. The Morgan fingerprint density at radius 3 is 2.68 bits per heavy atom. The van der Waals surface area contributed by atoms with Gasteiger partial charge < -0.3 is 10.1 Å². The molecular formula is C21H29N5O2. The van der Waals surface area contributed by atoms with E-state index < -0.39 is 5.60 Å². The minimum absolute atomic E-state index is 0.132. The number of fused-ring (bicyclic) bond motifs is 3. The number of unbranched alkanes of at least 4 members (excludes halogenated alkanes) is 2. The van der Waals surface area contributed by atoms with Gasteiger partial charge in [-0.1, -0.05) is 12.5 Å². The Bertz CT molecular complexity index is 988. The number of aryl methyl sites for hydroxylation is 2. The monoisotopic (exact) mass is 383 g/mol. The van der Waals surface area contributed by atoms with Crippen molar-refractivity contribution in [1.82, 2.24) is 19.6 Å². The lowest BCUT2D eigenvalue weighted by Crippen LogP contribution is -2.23. The predicted molar refractivity (Wildman–Crippen MR) is 111 cm³/mol. The van der Waals surface area contributed by atoms with Crippen LogP contribution < -0.4 is 5.32 Å². The first kappa shape index (κ1) is 20.0. The molecule has 3 rings (SSSR count). The topological polar surface area (TPSA) is 81.4 Å². The fraction of sp³-hybridized carbons (Fsp3) is 0.524. The molecule has 7 heteroatoms. The lowest BCUT2D eigenvalue weighted by molar-refractivity contribution is -0.154. The number of hydrogen-bond acceptors (Lipinski definition) is 6. The maximum Gasteiger partial charge on any atom is 0.306 e. The van der Waals surface area contributed by atoms with Crippen molar-refractivity contribution in [1.29, 1.82) is 0 Å². The fourth-order valence-electron chi connectivity index (χ4n) is 3.18. The van der Waals surface area contributed by atoms with Crippen LogP contribution in [-0.4, -0.2) is 37.7 Å². The first-order valence-electron chi connectivity index (χ1n) is 9.82. The summed E-state index contributed by atoms with van der Waals surface area (Å²) >= 11 is 0. The fourth-order valence-corrected chi connectivity index (χ4v) is 3.18. The van der Waals surface area contributed by atoms with Crippen LogP contribution in [0.5, 0.6) is 0 Å². The first-order chi connectivity index (χ1) is 13.2. The maximum absolute atomic E-state index is 11.7. The van der Waals surface area contributed by atoms with Crippen molar-refractivity contribution in [2.45, 2.75) is 65.9 Å². The number of benzene rings is 1. The van der Waals surface area contributed by atoms with Crippen LogP contribution in [0, 0.1) is 13.8 Å². The van der Waals surface area contributed by atoms with Gasteiger partial charge in [-0.25, -0.2) is 4.98 Å². The molecule has 0 saturated heterocycles. The highest BCUT2D eigenvalue weighted by Crippen LogP contribution is 2.22. The second-order valence-electron chi connectivity index (χ2n) is 8.18. The molecule has 1 N–H and O–H groups in total. The average molecular weight is 383 g/mol. The summed E-state index contributed by atoms with van der Waals surface area (Å²) < 4.78 is 7.37. The number of nitrogens with zero attached hydrogens (tertiary/aromatic N) is 4. The third kappa shape index (κ3) is 4.77. The lowest BCUT2D eigenvalue weighted by Gasteiger charge is -2.19. The normalized spacial score (nSPS) is 11.9. The average Bonchev–Trinajstić information content (AvgIpc) is 2.98. The molecule has 0 atom stereocenters. The summed E-state index contributed by atoms with van der Waals surface area (Å²) in [4.78, 5) is 16.5. The van der Waals surface area contributed by atoms with Crippen molar-refractivity contribution in [2.24, 2.45) is 0 Å². The Morgan fingerprint density at radius 1 is 1.14 bits per heavy atom. The van der Waals surface area contributed by atoms with E-state index in [0.29, 0.717) is 6.42 Å². The third-order valence-corrected chi connectivity index (χ3v) is 4.41. The van der Waals surface area contributed by atoms with Crippen LogP contribution in [-0.2, 0) is 9.53 Å². The number of esters is 1. The van der Waals surface area contributed by atoms with Crippen LogP contribution in [0.1, 0.15) is 57.8 Å². The van der Waals surface area contributed by atoms with Gasteiger partial charge in [0.1, 0.15) is 11.4 Å². The molecule has 2 heterocycles. The number of hydrogen-bond donors (Lipinski definition) is 1. The molecule has 0 unspecified atom stereocenters. The smallest absolute Gasteiger partial charge is 0.306 e. The van der Waals surface area contributed by atoms with Crippen molar-refractivity contribution in [2.75, 3.05) is 11.9 Å². The highest BCUT2D eigenvalue weighted by Gasteiger charge is 2.16. The molecule has 0 saturated carbocycles. The standard InChI is InChI=1S/C21H29N5O2/c1-14-10-11-17-16(13-14)23-19(20-25-24-15(2)26(17)20)22-12-8-6-7-9-18(27)28-21(3,4)5/h10-11,13H,6-9,12H2,1-5H3,(H,22,23). The van der Waals surface area contributed by atoms with Crippen molar-refractivity contribution in [3.05, 3.63) is 29.6 Å². The van der Waals surface area contributed by atoms with Gasteiger partial charge >= 0.3 is 5.97 Å². The molecule has 0 aliphatic heterocycles. The minimum atomic E-state index is -0.416. The number of anilines is 1. The van der Waals surface area contributed by atoms with Crippen LogP contribution in [0.2, 0.25) is 0 Å². The van der Waals surface area contributed by atoms with E-state index in [1.54, 1.807) is 0 Å². The van der Waals surface area contributed by atoms with Crippen LogP contribution >= 0.6 is 0 Å². The first-order valence-corrected chi connectivity index (χ1v) is 9.82. The minimum Gasteiger partial charge on any atom is -0.460 e. The molecule has 1 aromatic carbocycles. The molecule has 0 aliphatic carbocycles. The van der Waals surface area contributed by atoms with E-state index in [2.05, 4.69) is 40.6 Å². The molecule has 150 valence electrons. The number of ether oxygens (including phenoxy) is 1. The van der Waals surface area contributed by atoms with E-state index in [1.165, 1.54) is 0 Å². The molecule has 0 bridgehead atoms. The summed E-state index contributed by atoms with van der Waals surface area (Å²) in [5.41, 5.74) is 3.41. The van der Waals surface area contributed by atoms with Gasteiger partial charge in [0.05, 0.1) is 11.0 Å². The highest BCUT2D eigenvalue weighted by molar-refractivity contribution is 5.83. The molecule has 0 aliphatic rings. The van der Waals surface area contributed by atoms with Gasteiger partial charge in [0.2, 0.25) is 5.65 Å². The zero-order chi connectivity index (χ0) is 20.3. The van der Waals surface area contributed by atoms with Crippen LogP contribution in [0.4, 0.5) is 5.82 Å². The van der Waals surface area contributed by atoms with Crippen LogP contribution in [0.15, 0.2) is 18.2 Å². The number of nitrogens with one attached hydrogen (secondary N) is 1. The zero-order valence-electron chi connectivity index (χ0n) is 17.4. The third-order valence-electron chi connectivity index (χ3n) is 4.41. The number of carbonyl (C=O) groups is 1. The van der Waals surface area contributed by atoms with Crippen molar-refractivity contribution < 1.29 is 9.53 Å². The molecular weight excluding hydrogens is 354 g/mol. The van der Waals surface area contributed by atoms with E-state index in [-0.39, 0.29) is 5.97 Å². The lowest BCUT2D eigenvalue weighted by atomic mass is 10.1. The summed E-state index contributed by atoms with van der Waals surface area (Å²) in [6.45, 7) is 10.4. The number of rotatable bonds is 7. The molecule has 0 spiro atoms. The summed E-state index contributed by atoms with van der Waals surface area (Å²) in [6, 6.07) is 6.20. The Balaban J connectivity index is 1.59. The molecule has 0 amide bonds. The predicted octanol–water partition coefficient (Wildman–Crippen LogP) is 4.21. The largest absolute Gasteiger partial charge is 0.460 e. The maximum atomic E-state index is 11.7. The quantitative estimate of drug-likeness (QED) is 0.486. The van der Waals surface area contributed by atoms with Crippen molar-refractivity contribution in [3.63, 3.8) is 0 Å². The highest BCUT2D eigenvalue weighted by atomic mass is 16.6. The van der Waals surface area contributed by atoms with Gasteiger partial charge in [-0.3, -0.25) is 9.20 Å². The van der Waals surface area contributed by atoms with E-state index in [9.17, 15) is 4.79 Å². The molecule has 28 heavy (non-hydrogen) atoms. The number of carbonyl (C=O) groups excluding carboxylic acids is 1. The second-order valence-corrected chi connectivity index (χ2v) is 8.18. The summed E-state index contributed by atoms with van der Waals surface area (Å²) in [6.07, 6.45) is 3.16. The van der Waals surface area contributed by atoms with Crippen molar-refractivity contribution in [3.8, 4) is 0 Å². The molecule has 2 aromatic heterocycles. The van der Waals surface area contributed by atoms with Crippen LogP contribution in [0.25, 0.3) is 16.7 Å². The summed E-state index contributed by atoms with van der Waals surface area (Å²) in [7, 11) is 0. The van der Waals surface area contributed by atoms with Gasteiger partial charge in [0.15, 0.2) is 5.82 Å². The van der Waals surface area contributed by atoms with E-state index >= 15 is 0 Å². The Kier molecular flexibility index (Phi) is 5.82. The molecule has 0 fully saturated rings. The molecule has 0 radical (unpaired) electrons. The zero-order valence-corrected chi connectivity index (χ0v) is 17.4. The van der Waals surface area contributed by atoms with Gasteiger partial charge in [-0.2, -0.15) is 0 Å². The molecule has 3 aromatic rings. The Hall–Kier alpha value is -2.70. The SMILES string of the molecule is Cc1ccc2c(c1)nc(NCCCCCC(=O)OC(C)(C)C)c1nnc(C)n12. The molecule has 7 nitrogen and oxygen atoms in total. The second kappa shape index (κ2) is 8.12. The van der Waals surface area contributed by atoms with Gasteiger partial charge in [0, 0.05) is 13.0 Å². The van der Waals surface area contributed by atoms with E-state index in [0.717, 1.165) is 59.7 Å². The number of aromatic nitrogens is 4. The van der Waals surface area contributed by atoms with E-state index in [1.807, 2.05) is 32.1 Å². The summed E-state index contributed by atoms with van der Waals surface area (Å²) in [5.74, 6) is 1.45. The van der Waals surface area contributed by atoms with Gasteiger partial charge in [-0.15, -0.1) is 10.2 Å². The van der Waals surface area contributed by atoms with Gasteiger partial charge in [0.25, 0.3) is 0 Å².